The van der Waals surface area contributed by atoms with Gasteiger partial charge in [-0.15, -0.1) is 0 Å². The van der Waals surface area contributed by atoms with Crippen LogP contribution in [0.2, 0.25) is 0 Å². The minimum atomic E-state index is -0.195. The van der Waals surface area contributed by atoms with Gasteiger partial charge in [0.1, 0.15) is 5.75 Å². The van der Waals surface area contributed by atoms with Gasteiger partial charge in [0, 0.05) is 18.9 Å². The zero-order chi connectivity index (χ0) is 12.1. The molecule has 0 atom stereocenters. The van der Waals surface area contributed by atoms with Crippen molar-refractivity contribution in [3.05, 3.63) is 23.8 Å². The number of anilines is 1. The van der Waals surface area contributed by atoms with Crippen LogP contribution >= 0.6 is 0 Å². The number of ketones is 1. The van der Waals surface area contributed by atoms with E-state index in [1.165, 1.54) is 14.0 Å². The predicted molar refractivity (Wildman–Crippen MR) is 61.9 cm³/mol. The summed E-state index contributed by atoms with van der Waals surface area (Å²) in [6.45, 7) is 3.21. The molecule has 0 unspecified atom stereocenters. The Labute approximate surface area is 94.6 Å². The number of carbonyl (C=O) groups excluding carboxylic acids is 2. The number of hydrogen-bond donors (Lipinski definition) is 1. The molecule has 0 saturated carbocycles. The van der Waals surface area contributed by atoms with E-state index in [9.17, 15) is 9.59 Å². The molecule has 0 fully saturated rings. The zero-order valence-electron chi connectivity index (χ0n) is 9.66. The van der Waals surface area contributed by atoms with Crippen molar-refractivity contribution in [1.82, 2.24) is 0 Å². The Balaban J connectivity index is 3.10. The molecule has 0 spiro atoms. The van der Waals surface area contributed by atoms with E-state index in [1.54, 1.807) is 25.1 Å². The van der Waals surface area contributed by atoms with Gasteiger partial charge in [-0.3, -0.25) is 9.59 Å². The second-order valence-electron chi connectivity index (χ2n) is 3.37. The van der Waals surface area contributed by atoms with Gasteiger partial charge in [0.05, 0.1) is 12.8 Å². The average molecular weight is 221 g/mol. The van der Waals surface area contributed by atoms with Crippen molar-refractivity contribution in [3.63, 3.8) is 0 Å². The number of ether oxygens (including phenoxy) is 1. The highest BCUT2D eigenvalue weighted by atomic mass is 16.5. The summed E-state index contributed by atoms with van der Waals surface area (Å²) >= 11 is 0. The maximum Gasteiger partial charge on any atom is 0.221 e. The molecule has 1 N–H and O–H groups in total. The Hall–Kier alpha value is -1.84. The molecular formula is C12H15NO3. The van der Waals surface area contributed by atoms with E-state index in [2.05, 4.69) is 5.32 Å². The fraction of sp³-hybridized carbons (Fsp3) is 0.333. The predicted octanol–water partition coefficient (Wildman–Crippen LogP) is 2.25. The van der Waals surface area contributed by atoms with Crippen molar-refractivity contribution >= 4 is 17.4 Å². The Morgan fingerprint density at radius 3 is 2.56 bits per heavy atom. The van der Waals surface area contributed by atoms with Crippen LogP contribution in [0.1, 0.15) is 30.6 Å². The molecule has 0 aliphatic rings. The maximum absolute atomic E-state index is 11.5. The van der Waals surface area contributed by atoms with Crippen LogP contribution in [0.3, 0.4) is 0 Å². The van der Waals surface area contributed by atoms with Crippen LogP contribution in [0.5, 0.6) is 5.75 Å². The molecule has 0 saturated heterocycles. The molecule has 1 rings (SSSR count). The quantitative estimate of drug-likeness (QED) is 0.793. The highest BCUT2D eigenvalue weighted by Crippen LogP contribution is 2.25. The van der Waals surface area contributed by atoms with Crippen LogP contribution in [-0.2, 0) is 4.79 Å². The lowest BCUT2D eigenvalue weighted by Crippen LogP contribution is -2.08. The molecule has 1 aromatic carbocycles. The molecule has 0 aliphatic heterocycles. The average Bonchev–Trinajstić information content (AvgIpc) is 2.27. The number of methoxy groups -OCH3 is 1. The SMILES string of the molecule is CCC(=O)c1ccc(OC)c(NC(C)=O)c1. The van der Waals surface area contributed by atoms with Crippen LogP contribution in [-0.4, -0.2) is 18.8 Å². The van der Waals surface area contributed by atoms with Gasteiger partial charge in [0.25, 0.3) is 0 Å². The number of carbonyl (C=O) groups is 2. The third-order valence-electron chi connectivity index (χ3n) is 2.15. The highest BCUT2D eigenvalue weighted by Gasteiger charge is 2.09. The first-order chi connectivity index (χ1) is 7.58. The van der Waals surface area contributed by atoms with E-state index in [-0.39, 0.29) is 11.7 Å². The summed E-state index contributed by atoms with van der Waals surface area (Å²) in [5.41, 5.74) is 1.10. The lowest BCUT2D eigenvalue weighted by Gasteiger charge is -2.10. The minimum Gasteiger partial charge on any atom is -0.495 e. The molecule has 16 heavy (non-hydrogen) atoms. The number of Topliss-reactive ketones (excluding diaryl/α,β-unsaturated/α-hetero) is 1. The molecule has 4 nitrogen and oxygen atoms in total. The number of nitrogens with one attached hydrogen (secondary N) is 1. The zero-order valence-corrected chi connectivity index (χ0v) is 9.66. The second kappa shape index (κ2) is 5.30. The van der Waals surface area contributed by atoms with Gasteiger partial charge in [-0.1, -0.05) is 6.92 Å². The molecule has 0 aliphatic carbocycles. The van der Waals surface area contributed by atoms with E-state index >= 15 is 0 Å². The normalized spacial score (nSPS) is 9.69. The van der Waals surface area contributed by atoms with Gasteiger partial charge in [0.2, 0.25) is 5.91 Å². The second-order valence-corrected chi connectivity index (χ2v) is 3.37. The number of hydrogen-bond acceptors (Lipinski definition) is 3. The third-order valence-corrected chi connectivity index (χ3v) is 2.15. The van der Waals surface area contributed by atoms with Gasteiger partial charge in [-0.25, -0.2) is 0 Å². The van der Waals surface area contributed by atoms with Gasteiger partial charge >= 0.3 is 0 Å². The summed E-state index contributed by atoms with van der Waals surface area (Å²) < 4.78 is 5.09. The van der Waals surface area contributed by atoms with Gasteiger partial charge < -0.3 is 10.1 Å². The van der Waals surface area contributed by atoms with Crippen molar-refractivity contribution in [1.29, 1.82) is 0 Å². The molecule has 0 bridgehead atoms. The van der Waals surface area contributed by atoms with E-state index in [0.717, 1.165) is 0 Å². The van der Waals surface area contributed by atoms with Crippen LogP contribution in [0.25, 0.3) is 0 Å². The topological polar surface area (TPSA) is 55.4 Å². The van der Waals surface area contributed by atoms with Crippen LogP contribution in [0.4, 0.5) is 5.69 Å². The molecule has 0 radical (unpaired) electrons. The van der Waals surface area contributed by atoms with Crippen molar-refractivity contribution in [2.45, 2.75) is 20.3 Å². The summed E-state index contributed by atoms with van der Waals surface area (Å²) in [7, 11) is 1.52. The fourth-order valence-corrected chi connectivity index (χ4v) is 1.37. The Morgan fingerprint density at radius 2 is 2.06 bits per heavy atom. The van der Waals surface area contributed by atoms with Gasteiger partial charge in [-0.05, 0) is 18.2 Å². The summed E-state index contributed by atoms with van der Waals surface area (Å²) in [5, 5.41) is 2.63. The molecule has 4 heteroatoms. The molecule has 1 aromatic rings. The van der Waals surface area contributed by atoms with Crippen molar-refractivity contribution < 1.29 is 14.3 Å². The monoisotopic (exact) mass is 221 g/mol. The smallest absolute Gasteiger partial charge is 0.221 e. The summed E-state index contributed by atoms with van der Waals surface area (Å²) in [6, 6.07) is 5.00. The maximum atomic E-state index is 11.5. The Kier molecular flexibility index (Phi) is 4.05. The number of amides is 1. The first-order valence-corrected chi connectivity index (χ1v) is 5.07. The first kappa shape index (κ1) is 12.2. The minimum absolute atomic E-state index is 0.0363. The summed E-state index contributed by atoms with van der Waals surface area (Å²) in [5.74, 6) is 0.386. The molecule has 0 aromatic heterocycles. The third kappa shape index (κ3) is 2.82. The molecule has 0 heterocycles. The molecule has 1 amide bonds. The van der Waals surface area contributed by atoms with Crippen molar-refractivity contribution in [3.8, 4) is 5.75 Å². The lowest BCUT2D eigenvalue weighted by atomic mass is 10.1. The first-order valence-electron chi connectivity index (χ1n) is 5.07. The van der Waals surface area contributed by atoms with Gasteiger partial charge in [-0.2, -0.15) is 0 Å². The largest absolute Gasteiger partial charge is 0.495 e. The van der Waals surface area contributed by atoms with E-state index < -0.39 is 0 Å². The number of rotatable bonds is 4. The fourth-order valence-electron chi connectivity index (χ4n) is 1.37. The van der Waals surface area contributed by atoms with Crippen molar-refractivity contribution in [2.24, 2.45) is 0 Å². The van der Waals surface area contributed by atoms with E-state index in [1.807, 2.05) is 0 Å². The van der Waals surface area contributed by atoms with E-state index in [4.69, 9.17) is 4.74 Å². The Morgan fingerprint density at radius 1 is 1.38 bits per heavy atom. The lowest BCUT2D eigenvalue weighted by molar-refractivity contribution is -0.114. The molecular weight excluding hydrogens is 206 g/mol. The van der Waals surface area contributed by atoms with Crippen LogP contribution in [0.15, 0.2) is 18.2 Å². The summed E-state index contributed by atoms with van der Waals surface area (Å²) in [6.07, 6.45) is 0.436. The van der Waals surface area contributed by atoms with Crippen LogP contribution in [0, 0.1) is 0 Å². The summed E-state index contributed by atoms with van der Waals surface area (Å²) in [4.78, 5) is 22.5. The molecule has 86 valence electrons. The standard InChI is InChI=1S/C12H15NO3/c1-4-11(15)9-5-6-12(16-3)10(7-9)13-8(2)14/h5-7H,4H2,1-3H3,(H,13,14). The van der Waals surface area contributed by atoms with E-state index in [0.29, 0.717) is 23.4 Å². The Bertz CT molecular complexity index is 413. The highest BCUT2D eigenvalue weighted by molar-refractivity contribution is 5.99. The number of benzene rings is 1. The van der Waals surface area contributed by atoms with Crippen LogP contribution < -0.4 is 10.1 Å². The van der Waals surface area contributed by atoms with Crippen molar-refractivity contribution in [2.75, 3.05) is 12.4 Å². The van der Waals surface area contributed by atoms with Gasteiger partial charge in [0.15, 0.2) is 5.78 Å².